The van der Waals surface area contributed by atoms with E-state index in [1.165, 1.54) is 12.1 Å². The van der Waals surface area contributed by atoms with Crippen molar-refractivity contribution >= 4 is 35.9 Å². The second-order valence-electron chi connectivity index (χ2n) is 8.99. The third-order valence-electron chi connectivity index (χ3n) is 6.57. The van der Waals surface area contributed by atoms with Crippen molar-refractivity contribution in [2.45, 2.75) is 46.2 Å². The molecular formula is C25H33ClN6O5. The molecule has 0 radical (unpaired) electrons. The van der Waals surface area contributed by atoms with Gasteiger partial charge in [-0.2, -0.15) is 0 Å². The van der Waals surface area contributed by atoms with Crippen LogP contribution in [0.15, 0.2) is 41.7 Å². The molecule has 200 valence electrons. The third-order valence-corrected chi connectivity index (χ3v) is 6.57. The first-order valence-corrected chi connectivity index (χ1v) is 12.3. The van der Waals surface area contributed by atoms with Crippen LogP contribution >= 0.6 is 12.4 Å². The predicted octanol–water partition coefficient (Wildman–Crippen LogP) is 3.51. The van der Waals surface area contributed by atoms with Gasteiger partial charge < -0.3 is 19.5 Å². The Bertz CT molecular complexity index is 1190. The summed E-state index contributed by atoms with van der Waals surface area (Å²) in [6.45, 7) is 9.08. The Morgan fingerprint density at radius 2 is 1.95 bits per heavy atom. The number of nitrogens with zero attached hydrogens (tertiary/aromatic N) is 5. The van der Waals surface area contributed by atoms with Crippen molar-refractivity contribution in [3.63, 3.8) is 0 Å². The van der Waals surface area contributed by atoms with Gasteiger partial charge in [-0.3, -0.25) is 19.8 Å². The van der Waals surface area contributed by atoms with Crippen molar-refractivity contribution in [1.82, 2.24) is 19.4 Å². The fourth-order valence-electron chi connectivity index (χ4n) is 4.82. The van der Waals surface area contributed by atoms with Crippen LogP contribution in [0.25, 0.3) is 0 Å². The Hall–Kier alpha value is -3.44. The maximum atomic E-state index is 13.1. The fraction of sp³-hybridized carbons (Fsp3) is 0.480. The number of imidazole rings is 1. The molecule has 2 aliphatic rings. The Morgan fingerprint density at radius 1 is 1.22 bits per heavy atom. The standard InChI is InChI=1S/C25H32N6O5.ClH/c1-4-7-21(32)29-12-10-28(11-13-29)16-20-15-26-25-27-17(3)22(24(33)36-5-2)23(30(20)25)18-8-6-9-19(14-18)31(34)35;/h6,8-9,14-15,23H,4-5,7,10-13,16H2,1-3H3,(H,26,27);1H. The quantitative estimate of drug-likeness (QED) is 0.311. The molecule has 1 aromatic heterocycles. The van der Waals surface area contributed by atoms with Crippen molar-refractivity contribution in [3.05, 3.63) is 63.1 Å². The summed E-state index contributed by atoms with van der Waals surface area (Å²) in [5, 5.41) is 14.7. The minimum Gasteiger partial charge on any atom is -0.463 e. The number of anilines is 1. The monoisotopic (exact) mass is 532 g/mol. The smallest absolute Gasteiger partial charge is 0.338 e. The zero-order valence-corrected chi connectivity index (χ0v) is 22.1. The zero-order chi connectivity index (χ0) is 25.8. The maximum Gasteiger partial charge on any atom is 0.338 e. The van der Waals surface area contributed by atoms with Crippen LogP contribution in [0.3, 0.4) is 0 Å². The molecule has 1 aromatic carbocycles. The molecular weight excluding hydrogens is 500 g/mol. The van der Waals surface area contributed by atoms with Gasteiger partial charge in [-0.25, -0.2) is 9.78 Å². The van der Waals surface area contributed by atoms with E-state index in [0.29, 0.717) is 48.8 Å². The van der Waals surface area contributed by atoms with Crippen LogP contribution < -0.4 is 5.32 Å². The SMILES string of the molecule is CCCC(=O)N1CCN(Cc2cnc3n2C(c2cccc([N+](=O)[O-])c2)C(C(=O)OCC)=C(C)N3)CC1.Cl. The van der Waals surface area contributed by atoms with E-state index in [4.69, 9.17) is 4.74 Å². The minimum atomic E-state index is -0.634. The lowest BCUT2D eigenvalue weighted by Gasteiger charge is -2.36. The van der Waals surface area contributed by atoms with Gasteiger partial charge in [0.05, 0.1) is 35.0 Å². The number of halogens is 1. The highest BCUT2D eigenvalue weighted by atomic mass is 35.5. The van der Waals surface area contributed by atoms with Gasteiger partial charge in [-0.05, 0) is 25.8 Å². The molecule has 0 bridgehead atoms. The molecule has 0 aliphatic carbocycles. The van der Waals surface area contributed by atoms with Gasteiger partial charge in [-0.1, -0.05) is 19.1 Å². The summed E-state index contributed by atoms with van der Waals surface area (Å²) in [5.41, 5.74) is 2.39. The van der Waals surface area contributed by atoms with Crippen LogP contribution in [-0.4, -0.2) is 68.9 Å². The Balaban J connectivity index is 0.00000380. The molecule has 1 saturated heterocycles. The second kappa shape index (κ2) is 12.2. The van der Waals surface area contributed by atoms with Crippen LogP contribution in [0.5, 0.6) is 0 Å². The molecule has 12 heteroatoms. The van der Waals surface area contributed by atoms with E-state index in [1.54, 1.807) is 32.2 Å². The highest BCUT2D eigenvalue weighted by Gasteiger charge is 2.36. The molecule has 2 aromatic rings. The molecule has 0 saturated carbocycles. The van der Waals surface area contributed by atoms with E-state index in [-0.39, 0.29) is 30.6 Å². The van der Waals surface area contributed by atoms with Gasteiger partial charge in [-0.15, -0.1) is 12.4 Å². The summed E-state index contributed by atoms with van der Waals surface area (Å²) in [5.74, 6) is 0.268. The van der Waals surface area contributed by atoms with Gasteiger partial charge in [0, 0.05) is 57.0 Å². The van der Waals surface area contributed by atoms with Gasteiger partial charge in [0.15, 0.2) is 0 Å². The number of esters is 1. The fourth-order valence-corrected chi connectivity index (χ4v) is 4.82. The third kappa shape index (κ3) is 5.94. The van der Waals surface area contributed by atoms with Crippen molar-refractivity contribution < 1.29 is 19.2 Å². The average molecular weight is 533 g/mol. The molecule has 11 nitrogen and oxygen atoms in total. The number of aromatic nitrogens is 2. The molecule has 4 rings (SSSR count). The van der Waals surface area contributed by atoms with Crippen molar-refractivity contribution in [3.8, 4) is 0 Å². The molecule has 1 N–H and O–H groups in total. The Morgan fingerprint density at radius 3 is 2.59 bits per heavy atom. The molecule has 1 fully saturated rings. The number of hydrogen-bond donors (Lipinski definition) is 1. The first-order chi connectivity index (χ1) is 17.3. The summed E-state index contributed by atoms with van der Waals surface area (Å²) < 4.78 is 7.29. The van der Waals surface area contributed by atoms with E-state index < -0.39 is 16.9 Å². The summed E-state index contributed by atoms with van der Waals surface area (Å²) in [7, 11) is 0. The number of nitro benzene ring substituents is 1. The summed E-state index contributed by atoms with van der Waals surface area (Å²) in [4.78, 5) is 45.1. The second-order valence-corrected chi connectivity index (χ2v) is 8.99. The van der Waals surface area contributed by atoms with Crippen LogP contribution in [0.2, 0.25) is 0 Å². The van der Waals surface area contributed by atoms with E-state index in [1.807, 2.05) is 16.4 Å². The zero-order valence-electron chi connectivity index (χ0n) is 21.3. The lowest BCUT2D eigenvalue weighted by Crippen LogP contribution is -2.48. The number of benzene rings is 1. The average Bonchev–Trinajstić information content (AvgIpc) is 3.25. The number of rotatable bonds is 8. The van der Waals surface area contributed by atoms with Gasteiger partial charge in [0.1, 0.15) is 0 Å². The van der Waals surface area contributed by atoms with Crippen LogP contribution in [0.4, 0.5) is 11.6 Å². The van der Waals surface area contributed by atoms with E-state index in [9.17, 15) is 19.7 Å². The van der Waals surface area contributed by atoms with Crippen molar-refractivity contribution in [2.24, 2.45) is 0 Å². The van der Waals surface area contributed by atoms with Crippen LogP contribution in [-0.2, 0) is 20.9 Å². The minimum absolute atomic E-state index is 0. The van der Waals surface area contributed by atoms with E-state index in [0.717, 1.165) is 25.2 Å². The van der Waals surface area contributed by atoms with Crippen molar-refractivity contribution in [2.75, 3.05) is 38.1 Å². The predicted molar refractivity (Wildman–Crippen MR) is 140 cm³/mol. The maximum absolute atomic E-state index is 13.1. The Labute approximate surface area is 222 Å². The van der Waals surface area contributed by atoms with Crippen LogP contribution in [0, 0.1) is 10.1 Å². The summed E-state index contributed by atoms with van der Waals surface area (Å²) in [6.07, 6.45) is 3.17. The number of carbonyl (C=O) groups excluding carboxylic acids is 2. The Kier molecular flexibility index (Phi) is 9.28. The van der Waals surface area contributed by atoms with E-state index in [2.05, 4.69) is 15.2 Å². The lowest BCUT2D eigenvalue weighted by molar-refractivity contribution is -0.384. The first kappa shape index (κ1) is 28.1. The number of fused-ring (bicyclic) bond motifs is 1. The molecule has 1 atom stereocenters. The number of non-ortho nitro benzene ring substituents is 1. The van der Waals surface area contributed by atoms with E-state index >= 15 is 0 Å². The number of ether oxygens (including phenoxy) is 1. The molecule has 1 unspecified atom stereocenters. The lowest BCUT2D eigenvalue weighted by atomic mass is 9.94. The van der Waals surface area contributed by atoms with Crippen molar-refractivity contribution in [1.29, 1.82) is 0 Å². The topological polar surface area (TPSA) is 123 Å². The largest absolute Gasteiger partial charge is 0.463 e. The molecule has 2 aliphatic heterocycles. The number of piperazine rings is 1. The number of nitro groups is 1. The van der Waals surface area contributed by atoms with Gasteiger partial charge >= 0.3 is 5.97 Å². The molecule has 3 heterocycles. The normalized spacial score (nSPS) is 17.5. The molecule has 0 spiro atoms. The van der Waals surface area contributed by atoms with Gasteiger partial charge in [0.2, 0.25) is 11.9 Å². The molecule has 1 amide bonds. The number of amides is 1. The molecule has 37 heavy (non-hydrogen) atoms. The van der Waals surface area contributed by atoms with Crippen LogP contribution in [0.1, 0.15) is 50.9 Å². The number of hydrogen-bond acceptors (Lipinski definition) is 8. The van der Waals surface area contributed by atoms with Gasteiger partial charge in [0.25, 0.3) is 5.69 Å². The number of allylic oxidation sites excluding steroid dienone is 1. The summed E-state index contributed by atoms with van der Waals surface area (Å²) >= 11 is 0. The highest BCUT2D eigenvalue weighted by molar-refractivity contribution is 5.92. The first-order valence-electron chi connectivity index (χ1n) is 12.3. The summed E-state index contributed by atoms with van der Waals surface area (Å²) in [6, 6.07) is 5.69. The number of carbonyl (C=O) groups is 2. The number of nitrogens with one attached hydrogen (secondary N) is 1. The highest BCUT2D eigenvalue weighted by Crippen LogP contribution is 2.39.